The smallest absolute Gasteiger partial charge is 0.331 e. The molecule has 0 bridgehead atoms. The molecule has 0 aliphatic rings. The monoisotopic (exact) mass is 252 g/mol. The Labute approximate surface area is 99.0 Å². The lowest BCUT2D eigenvalue weighted by molar-refractivity contribution is -0.166. The Morgan fingerprint density at radius 2 is 1.88 bits per heavy atom. The second-order valence-corrected chi connectivity index (χ2v) is 4.17. The molecular formula is C11H18F2O4. The van der Waals surface area contributed by atoms with Crippen LogP contribution in [-0.4, -0.2) is 35.5 Å². The molecule has 0 heterocycles. The Morgan fingerprint density at radius 1 is 1.35 bits per heavy atom. The number of ketones is 1. The normalized spacial score (nSPS) is 13.6. The third-order valence-corrected chi connectivity index (χ3v) is 2.10. The van der Waals surface area contributed by atoms with Crippen molar-refractivity contribution >= 4 is 11.8 Å². The molecule has 0 saturated carbocycles. The number of hydrogen-bond acceptors (Lipinski definition) is 4. The Morgan fingerprint density at radius 3 is 2.29 bits per heavy atom. The lowest BCUT2D eigenvalue weighted by Gasteiger charge is -2.22. The van der Waals surface area contributed by atoms with Gasteiger partial charge < -0.3 is 9.84 Å². The van der Waals surface area contributed by atoms with Crippen LogP contribution in [0.5, 0.6) is 0 Å². The lowest BCUT2D eigenvalue weighted by Crippen LogP contribution is -2.43. The van der Waals surface area contributed by atoms with Crippen LogP contribution in [0.1, 0.15) is 33.6 Å². The number of carbonyl (C=O) groups is 2. The zero-order valence-electron chi connectivity index (χ0n) is 10.2. The summed E-state index contributed by atoms with van der Waals surface area (Å²) in [7, 11) is 0. The zero-order valence-corrected chi connectivity index (χ0v) is 10.2. The number of carbonyl (C=O) groups excluding carboxylic acids is 2. The summed E-state index contributed by atoms with van der Waals surface area (Å²) in [6.07, 6.45) is -3.29. The summed E-state index contributed by atoms with van der Waals surface area (Å²) >= 11 is 0. The van der Waals surface area contributed by atoms with Crippen LogP contribution in [-0.2, 0) is 14.3 Å². The molecule has 0 amide bonds. The van der Waals surface area contributed by atoms with E-state index in [1.165, 1.54) is 6.92 Å². The van der Waals surface area contributed by atoms with Gasteiger partial charge in [-0.1, -0.05) is 13.8 Å². The molecule has 6 heteroatoms. The average Bonchev–Trinajstić information content (AvgIpc) is 2.16. The van der Waals surface area contributed by atoms with Crippen LogP contribution in [0.3, 0.4) is 0 Å². The first-order chi connectivity index (χ1) is 7.71. The molecular weight excluding hydrogens is 234 g/mol. The molecule has 17 heavy (non-hydrogen) atoms. The number of Topliss-reactive ketones (excluding diaryl/α,β-unsaturated/α-hetero) is 1. The minimum atomic E-state index is -3.91. The molecule has 1 unspecified atom stereocenters. The standard InChI is InChI=1S/C11H18F2O4/c1-4-17-10(16)6-9(15)11(12,13)8(14)5-7(2)3/h7-8,14H,4-6H2,1-3H3. The van der Waals surface area contributed by atoms with Crippen LogP contribution >= 0.6 is 0 Å². The van der Waals surface area contributed by atoms with E-state index in [1.807, 2.05) is 0 Å². The number of alkyl halides is 2. The first kappa shape index (κ1) is 16.0. The molecule has 4 nitrogen and oxygen atoms in total. The summed E-state index contributed by atoms with van der Waals surface area (Å²) < 4.78 is 31.1. The lowest BCUT2D eigenvalue weighted by atomic mass is 9.97. The number of halogens is 2. The van der Waals surface area contributed by atoms with Gasteiger partial charge in [0, 0.05) is 0 Å². The first-order valence-electron chi connectivity index (χ1n) is 5.46. The predicted octanol–water partition coefficient (Wildman–Crippen LogP) is 1.55. The second kappa shape index (κ2) is 6.64. The highest BCUT2D eigenvalue weighted by atomic mass is 19.3. The largest absolute Gasteiger partial charge is 0.466 e. The van der Waals surface area contributed by atoms with Gasteiger partial charge in [0.1, 0.15) is 12.5 Å². The van der Waals surface area contributed by atoms with Gasteiger partial charge in [0.15, 0.2) is 0 Å². The summed E-state index contributed by atoms with van der Waals surface area (Å²) in [5.74, 6) is -6.69. The first-order valence-corrected chi connectivity index (χ1v) is 5.46. The van der Waals surface area contributed by atoms with E-state index in [9.17, 15) is 23.5 Å². The number of esters is 1. The molecule has 0 aromatic carbocycles. The van der Waals surface area contributed by atoms with Gasteiger partial charge in [-0.05, 0) is 19.3 Å². The fourth-order valence-electron chi connectivity index (χ4n) is 1.24. The number of hydrogen-bond donors (Lipinski definition) is 1. The third-order valence-electron chi connectivity index (χ3n) is 2.10. The molecule has 0 saturated heterocycles. The van der Waals surface area contributed by atoms with Gasteiger partial charge in [-0.25, -0.2) is 0 Å². The van der Waals surface area contributed by atoms with Crippen molar-refractivity contribution in [2.75, 3.05) is 6.61 Å². The van der Waals surface area contributed by atoms with E-state index in [4.69, 9.17) is 0 Å². The summed E-state index contributed by atoms with van der Waals surface area (Å²) in [6, 6.07) is 0. The predicted molar refractivity (Wildman–Crippen MR) is 56.7 cm³/mol. The van der Waals surface area contributed by atoms with E-state index in [-0.39, 0.29) is 18.9 Å². The van der Waals surface area contributed by atoms with Crippen molar-refractivity contribution in [2.24, 2.45) is 5.92 Å². The van der Waals surface area contributed by atoms with Gasteiger partial charge >= 0.3 is 11.9 Å². The molecule has 0 aromatic heterocycles. The van der Waals surface area contributed by atoms with Gasteiger partial charge in [0.05, 0.1) is 6.61 Å². The number of aliphatic hydroxyl groups is 1. The van der Waals surface area contributed by atoms with E-state index in [1.54, 1.807) is 13.8 Å². The maximum atomic E-state index is 13.4. The molecule has 1 N–H and O–H groups in total. The van der Waals surface area contributed by atoms with E-state index in [0.717, 1.165) is 0 Å². The maximum Gasteiger partial charge on any atom is 0.331 e. The average molecular weight is 252 g/mol. The van der Waals surface area contributed by atoms with Crippen LogP contribution in [0.15, 0.2) is 0 Å². The summed E-state index contributed by atoms with van der Waals surface area (Å²) in [5, 5.41) is 9.24. The molecule has 1 atom stereocenters. The maximum absolute atomic E-state index is 13.4. The highest BCUT2D eigenvalue weighted by Gasteiger charge is 2.46. The van der Waals surface area contributed by atoms with Crippen molar-refractivity contribution in [1.82, 2.24) is 0 Å². The van der Waals surface area contributed by atoms with Crippen molar-refractivity contribution in [3.8, 4) is 0 Å². The topological polar surface area (TPSA) is 63.6 Å². The SMILES string of the molecule is CCOC(=O)CC(=O)C(F)(F)C(O)CC(C)C. The molecule has 0 radical (unpaired) electrons. The van der Waals surface area contributed by atoms with E-state index in [2.05, 4.69) is 4.74 Å². The summed E-state index contributed by atoms with van der Waals surface area (Å²) in [6.45, 7) is 4.82. The highest BCUT2D eigenvalue weighted by Crippen LogP contribution is 2.26. The second-order valence-electron chi connectivity index (χ2n) is 4.17. The molecule has 0 aliphatic heterocycles. The Hall–Kier alpha value is -1.04. The molecule has 0 spiro atoms. The van der Waals surface area contributed by atoms with Crippen molar-refractivity contribution in [2.45, 2.75) is 45.6 Å². The molecule has 0 aromatic rings. The van der Waals surface area contributed by atoms with Crippen molar-refractivity contribution < 1.29 is 28.2 Å². The molecule has 0 rings (SSSR count). The van der Waals surface area contributed by atoms with Gasteiger partial charge in [0.2, 0.25) is 5.78 Å². The zero-order chi connectivity index (χ0) is 13.6. The fraction of sp³-hybridized carbons (Fsp3) is 0.818. The van der Waals surface area contributed by atoms with Crippen molar-refractivity contribution in [1.29, 1.82) is 0 Å². The van der Waals surface area contributed by atoms with Crippen LogP contribution in [0.2, 0.25) is 0 Å². The minimum absolute atomic E-state index is 0.0201. The minimum Gasteiger partial charge on any atom is -0.466 e. The van der Waals surface area contributed by atoms with Crippen molar-refractivity contribution in [3.63, 3.8) is 0 Å². The van der Waals surface area contributed by atoms with E-state index in [0.29, 0.717) is 0 Å². The number of rotatable bonds is 7. The van der Waals surface area contributed by atoms with Crippen LogP contribution < -0.4 is 0 Å². The van der Waals surface area contributed by atoms with Crippen LogP contribution in [0.4, 0.5) is 8.78 Å². The molecule has 0 fully saturated rings. The number of ether oxygens (including phenoxy) is 1. The van der Waals surface area contributed by atoms with Gasteiger partial charge in [-0.2, -0.15) is 8.78 Å². The number of aliphatic hydroxyl groups excluding tert-OH is 1. The van der Waals surface area contributed by atoms with Crippen LogP contribution in [0, 0.1) is 5.92 Å². The highest BCUT2D eigenvalue weighted by molar-refractivity contribution is 5.99. The molecule has 100 valence electrons. The van der Waals surface area contributed by atoms with Gasteiger partial charge in [-0.15, -0.1) is 0 Å². The summed E-state index contributed by atoms with van der Waals surface area (Å²) in [4.78, 5) is 22.0. The van der Waals surface area contributed by atoms with Crippen LogP contribution in [0.25, 0.3) is 0 Å². The quantitative estimate of drug-likeness (QED) is 0.551. The Bertz CT molecular complexity index is 277. The summed E-state index contributed by atoms with van der Waals surface area (Å²) in [5.41, 5.74) is 0. The Kier molecular flexibility index (Phi) is 6.23. The van der Waals surface area contributed by atoms with E-state index < -0.39 is 30.2 Å². The van der Waals surface area contributed by atoms with Gasteiger partial charge in [-0.3, -0.25) is 9.59 Å². The van der Waals surface area contributed by atoms with Gasteiger partial charge in [0.25, 0.3) is 0 Å². The van der Waals surface area contributed by atoms with Crippen molar-refractivity contribution in [3.05, 3.63) is 0 Å². The fourth-order valence-corrected chi connectivity index (χ4v) is 1.24. The molecule has 0 aliphatic carbocycles. The van der Waals surface area contributed by atoms with E-state index >= 15 is 0 Å². The third kappa shape index (κ3) is 5.21. The Balaban J connectivity index is 4.48.